The summed E-state index contributed by atoms with van der Waals surface area (Å²) in [7, 11) is 0. The molecule has 3 amide bonds. The Labute approximate surface area is 197 Å². The topological polar surface area (TPSA) is 101 Å². The molecule has 0 aliphatic carbocycles. The van der Waals surface area contributed by atoms with Crippen LogP contribution in [-0.2, 0) is 16.1 Å². The van der Waals surface area contributed by atoms with E-state index in [0.717, 1.165) is 12.0 Å². The maximum atomic E-state index is 13.2. The summed E-state index contributed by atoms with van der Waals surface area (Å²) >= 11 is 0. The van der Waals surface area contributed by atoms with E-state index in [2.05, 4.69) is 10.6 Å². The van der Waals surface area contributed by atoms with Crippen LogP contribution in [0, 0.1) is 0 Å². The number of nitrogens with zero attached hydrogens (tertiary/aromatic N) is 1. The number of ether oxygens (including phenoxy) is 1. The lowest BCUT2D eigenvalue weighted by atomic mass is 10.00. The first kappa shape index (κ1) is 23.1. The second-order valence-corrected chi connectivity index (χ2v) is 8.23. The predicted octanol–water partition coefficient (Wildman–Crippen LogP) is 4.51. The Kier molecular flexibility index (Phi) is 6.96. The first-order valence-corrected chi connectivity index (χ1v) is 11.2. The van der Waals surface area contributed by atoms with Crippen molar-refractivity contribution in [1.82, 2.24) is 10.2 Å². The maximum Gasteiger partial charge on any atom is 0.411 e. The molecule has 8 nitrogen and oxygen atoms in total. The van der Waals surface area contributed by atoms with Gasteiger partial charge in [-0.2, -0.15) is 0 Å². The third kappa shape index (κ3) is 5.11. The zero-order valence-electron chi connectivity index (χ0n) is 19.1. The lowest BCUT2D eigenvalue weighted by Gasteiger charge is -2.25. The fraction of sp³-hybridized carbons (Fsp3) is 0.269. The lowest BCUT2D eigenvalue weighted by molar-refractivity contribution is -0.127. The minimum absolute atomic E-state index is 0.0402. The van der Waals surface area contributed by atoms with Crippen molar-refractivity contribution >= 4 is 23.6 Å². The van der Waals surface area contributed by atoms with Gasteiger partial charge in [-0.25, -0.2) is 4.79 Å². The number of hydrogen-bond acceptors (Lipinski definition) is 5. The molecule has 0 radical (unpaired) electrons. The van der Waals surface area contributed by atoms with Crippen LogP contribution in [0.3, 0.4) is 0 Å². The van der Waals surface area contributed by atoms with Gasteiger partial charge in [0, 0.05) is 11.7 Å². The van der Waals surface area contributed by atoms with E-state index in [1.54, 1.807) is 36.4 Å². The van der Waals surface area contributed by atoms with Gasteiger partial charge < -0.3 is 19.8 Å². The molecule has 1 fully saturated rings. The van der Waals surface area contributed by atoms with Crippen molar-refractivity contribution in [1.29, 1.82) is 0 Å². The van der Waals surface area contributed by atoms with Crippen molar-refractivity contribution in [2.45, 2.75) is 45.0 Å². The fourth-order valence-corrected chi connectivity index (χ4v) is 3.78. The molecule has 1 aliphatic rings. The molecule has 34 heavy (non-hydrogen) atoms. The summed E-state index contributed by atoms with van der Waals surface area (Å²) in [5.41, 5.74) is 2.11. The summed E-state index contributed by atoms with van der Waals surface area (Å²) in [6.45, 7) is 4.16. The summed E-state index contributed by atoms with van der Waals surface area (Å²) < 4.78 is 10.8. The van der Waals surface area contributed by atoms with Crippen LogP contribution in [-0.4, -0.2) is 34.9 Å². The molecular weight excluding hydrogens is 434 g/mol. The molecule has 1 aromatic heterocycles. The number of nitrogens with one attached hydrogen (secondary N) is 2. The number of rotatable bonds is 8. The highest BCUT2D eigenvalue weighted by molar-refractivity contribution is 6.02. The van der Waals surface area contributed by atoms with Crippen LogP contribution >= 0.6 is 0 Å². The second-order valence-electron chi connectivity index (χ2n) is 8.23. The second kappa shape index (κ2) is 10.2. The molecule has 4 rings (SSSR count). The Morgan fingerprint density at radius 2 is 1.76 bits per heavy atom. The number of hydrogen-bond donors (Lipinski definition) is 2. The minimum atomic E-state index is -0.828. The van der Waals surface area contributed by atoms with Crippen LogP contribution in [0.5, 0.6) is 0 Å². The van der Waals surface area contributed by atoms with Crippen molar-refractivity contribution < 1.29 is 23.5 Å². The third-order valence-corrected chi connectivity index (χ3v) is 5.79. The van der Waals surface area contributed by atoms with Crippen LogP contribution in [0.1, 0.15) is 48.1 Å². The van der Waals surface area contributed by atoms with Crippen molar-refractivity contribution in [3.05, 3.63) is 89.9 Å². The van der Waals surface area contributed by atoms with Crippen LogP contribution < -0.4 is 10.6 Å². The van der Waals surface area contributed by atoms with Gasteiger partial charge in [-0.05, 0) is 48.7 Å². The number of carbonyl (C=O) groups excluding carboxylic acids is 3. The van der Waals surface area contributed by atoms with Crippen LogP contribution in [0.4, 0.5) is 10.5 Å². The first-order valence-electron chi connectivity index (χ1n) is 11.2. The van der Waals surface area contributed by atoms with Crippen LogP contribution in [0.15, 0.2) is 77.4 Å². The molecule has 3 atom stereocenters. The molecule has 1 aliphatic heterocycles. The van der Waals surface area contributed by atoms with Gasteiger partial charge in [-0.15, -0.1) is 0 Å². The smallest absolute Gasteiger partial charge is 0.411 e. The summed E-state index contributed by atoms with van der Waals surface area (Å²) in [6.07, 6.45) is 0.863. The van der Waals surface area contributed by atoms with Crippen molar-refractivity contribution in [3.8, 4) is 0 Å². The molecule has 2 heterocycles. The summed E-state index contributed by atoms with van der Waals surface area (Å²) in [5, 5.41) is 5.73. The quantitative estimate of drug-likeness (QED) is 0.514. The number of amides is 3. The molecule has 3 unspecified atom stereocenters. The molecule has 8 heteroatoms. The van der Waals surface area contributed by atoms with E-state index in [4.69, 9.17) is 9.15 Å². The normalized spacial score (nSPS) is 18.3. The number of cyclic esters (lactones) is 1. The largest absolute Gasteiger partial charge is 0.459 e. The van der Waals surface area contributed by atoms with E-state index in [0.29, 0.717) is 11.3 Å². The average Bonchev–Trinajstić information content (AvgIpc) is 3.49. The molecule has 2 N–H and O–H groups in total. The van der Waals surface area contributed by atoms with Crippen molar-refractivity contribution in [2.75, 3.05) is 5.32 Å². The Balaban J connectivity index is 1.56. The summed E-state index contributed by atoms with van der Waals surface area (Å²) in [6, 6.07) is 18.7. The molecule has 1 saturated heterocycles. The number of benzene rings is 2. The highest BCUT2D eigenvalue weighted by Crippen LogP contribution is 2.34. The van der Waals surface area contributed by atoms with Gasteiger partial charge in [0.05, 0.1) is 12.8 Å². The summed E-state index contributed by atoms with van der Waals surface area (Å²) in [5.74, 6) is -0.437. The van der Waals surface area contributed by atoms with E-state index < -0.39 is 18.2 Å². The number of furan rings is 1. The Hall–Kier alpha value is -4.07. The van der Waals surface area contributed by atoms with Gasteiger partial charge in [-0.1, -0.05) is 49.4 Å². The monoisotopic (exact) mass is 461 g/mol. The van der Waals surface area contributed by atoms with Crippen molar-refractivity contribution in [2.24, 2.45) is 0 Å². The highest BCUT2D eigenvalue weighted by atomic mass is 16.6. The Bertz CT molecular complexity index is 1130. The maximum absolute atomic E-state index is 13.2. The number of anilines is 1. The van der Waals surface area contributed by atoms with Crippen molar-refractivity contribution in [3.63, 3.8) is 0 Å². The average molecular weight is 462 g/mol. The van der Waals surface area contributed by atoms with Crippen LogP contribution in [0.25, 0.3) is 0 Å². The third-order valence-electron chi connectivity index (χ3n) is 5.79. The summed E-state index contributed by atoms with van der Waals surface area (Å²) in [4.78, 5) is 39.7. The van der Waals surface area contributed by atoms with Gasteiger partial charge in [0.25, 0.3) is 5.91 Å². The molecule has 176 valence electrons. The molecule has 3 aromatic rings. The zero-order valence-corrected chi connectivity index (χ0v) is 19.1. The van der Waals surface area contributed by atoms with Gasteiger partial charge in [0.2, 0.25) is 5.91 Å². The highest BCUT2D eigenvalue weighted by Gasteiger charge is 2.47. The Morgan fingerprint density at radius 1 is 1.03 bits per heavy atom. The molecule has 0 bridgehead atoms. The molecular formula is C26H27N3O5. The predicted molar refractivity (Wildman–Crippen MR) is 126 cm³/mol. The van der Waals surface area contributed by atoms with E-state index in [9.17, 15) is 14.4 Å². The van der Waals surface area contributed by atoms with Gasteiger partial charge in [0.15, 0.2) is 17.9 Å². The number of carbonyl (C=O) groups is 3. The minimum Gasteiger partial charge on any atom is -0.459 e. The van der Waals surface area contributed by atoms with Gasteiger partial charge in [-0.3, -0.25) is 14.5 Å². The molecule has 2 aromatic carbocycles. The SMILES string of the molecule is CCC(C)NC(=O)C1C(c2ccc(NC(=O)c3ccco3)cc2)OC(=O)N1Cc1ccccc1. The van der Waals surface area contributed by atoms with E-state index in [1.807, 2.05) is 44.2 Å². The van der Waals surface area contributed by atoms with Crippen LogP contribution in [0.2, 0.25) is 0 Å². The Morgan fingerprint density at radius 3 is 2.41 bits per heavy atom. The standard InChI is InChI=1S/C26H27N3O5/c1-3-17(2)27-25(31)22-23(34-26(32)29(22)16-18-8-5-4-6-9-18)19-11-13-20(14-12-19)28-24(30)21-10-7-15-33-21/h4-15,17,22-23H,3,16H2,1-2H3,(H,27,31)(H,28,30). The molecule has 0 saturated carbocycles. The lowest BCUT2D eigenvalue weighted by Crippen LogP contribution is -2.48. The van der Waals surface area contributed by atoms with Gasteiger partial charge in [0.1, 0.15) is 0 Å². The van der Waals surface area contributed by atoms with Gasteiger partial charge >= 0.3 is 6.09 Å². The van der Waals surface area contributed by atoms with E-state index in [-0.39, 0.29) is 30.2 Å². The fourth-order valence-electron chi connectivity index (χ4n) is 3.78. The van der Waals surface area contributed by atoms with E-state index >= 15 is 0 Å². The zero-order chi connectivity index (χ0) is 24.1. The van der Waals surface area contributed by atoms with E-state index in [1.165, 1.54) is 11.2 Å². The molecule has 0 spiro atoms. The first-order chi connectivity index (χ1) is 16.5.